The summed E-state index contributed by atoms with van der Waals surface area (Å²) in [6.45, 7) is 2.43. The molecular weight excluding hydrogens is 453 g/mol. The molecular formula is C22H29ClFN5O4. The first-order valence-electron chi connectivity index (χ1n) is 10.9. The Hall–Kier alpha value is -2.85. The van der Waals surface area contributed by atoms with Gasteiger partial charge in [0, 0.05) is 25.6 Å². The van der Waals surface area contributed by atoms with E-state index < -0.39 is 5.82 Å². The molecule has 1 saturated carbocycles. The van der Waals surface area contributed by atoms with Crippen molar-refractivity contribution < 1.29 is 23.5 Å². The number of methoxy groups -OCH3 is 1. The number of rotatable bonds is 8. The minimum atomic E-state index is -0.471. The molecule has 1 aliphatic heterocycles. The maximum Gasteiger partial charge on any atom is 0.269 e. The highest BCUT2D eigenvalue weighted by Gasteiger charge is 2.30. The predicted octanol–water partition coefficient (Wildman–Crippen LogP) is 1.61. The fourth-order valence-electron chi connectivity index (χ4n) is 3.78. The van der Waals surface area contributed by atoms with Gasteiger partial charge in [0.25, 0.3) is 11.8 Å². The van der Waals surface area contributed by atoms with Gasteiger partial charge in [-0.2, -0.15) is 0 Å². The van der Waals surface area contributed by atoms with Crippen LogP contribution >= 0.6 is 11.6 Å². The number of nitrogens with one attached hydrogen (secondary N) is 5. The van der Waals surface area contributed by atoms with E-state index in [1.807, 2.05) is 6.92 Å². The Bertz CT molecular complexity index is 933. The fourth-order valence-corrected chi connectivity index (χ4v) is 3.99. The lowest BCUT2D eigenvalue weighted by Gasteiger charge is -2.28. The molecule has 33 heavy (non-hydrogen) atoms. The second-order valence-corrected chi connectivity index (χ2v) is 8.58. The Morgan fingerprint density at radius 1 is 1.15 bits per heavy atom. The Labute approximate surface area is 196 Å². The number of carbonyl (C=O) groups is 3. The Morgan fingerprint density at radius 2 is 1.82 bits per heavy atom. The van der Waals surface area contributed by atoms with Crippen molar-refractivity contribution in [3.8, 4) is 0 Å². The third-order valence-electron chi connectivity index (χ3n) is 5.81. The smallest absolute Gasteiger partial charge is 0.269 e. The fraction of sp³-hybridized carbons (Fsp3) is 0.500. The summed E-state index contributed by atoms with van der Waals surface area (Å²) in [4.78, 5) is 37.7. The van der Waals surface area contributed by atoms with Crippen LogP contribution < -0.4 is 26.6 Å². The average molecular weight is 482 g/mol. The van der Waals surface area contributed by atoms with Gasteiger partial charge in [0.1, 0.15) is 17.2 Å². The molecule has 0 spiro atoms. The first-order chi connectivity index (χ1) is 15.8. The topological polar surface area (TPSA) is 121 Å². The number of ether oxygens (including phenoxy) is 1. The zero-order chi connectivity index (χ0) is 24.0. The molecule has 1 fully saturated rings. The quantitative estimate of drug-likeness (QED) is 0.384. The zero-order valence-corrected chi connectivity index (χ0v) is 19.4. The lowest BCUT2D eigenvalue weighted by atomic mass is 9.85. The maximum absolute atomic E-state index is 13.2. The molecule has 9 nitrogen and oxygen atoms in total. The summed E-state index contributed by atoms with van der Waals surface area (Å²) in [5.41, 5.74) is 0.763. The highest BCUT2D eigenvalue weighted by atomic mass is 35.5. The van der Waals surface area contributed by atoms with Gasteiger partial charge in [-0.3, -0.25) is 14.4 Å². The summed E-state index contributed by atoms with van der Waals surface area (Å²) >= 11 is 5.98. The summed E-state index contributed by atoms with van der Waals surface area (Å²) in [5.74, 6) is -1.62. The standard InChI is InChI=1S/C22H29ClFN5O4/c1-12(33-2)10-25-21(31)18-19(27-11-26-18)22(32)28-15-6-3-13(4-7-15)20(30)29-17-8-5-14(24)9-16(17)23/h5,8-9,12-13,15,26-27H,3-4,6-7,10-11H2,1-2H3,(H,25,31)(H,28,32)(H,29,30). The van der Waals surface area contributed by atoms with Gasteiger partial charge in [-0.05, 0) is 50.8 Å². The van der Waals surface area contributed by atoms with Crippen LogP contribution in [0.15, 0.2) is 29.6 Å². The summed E-state index contributed by atoms with van der Waals surface area (Å²) in [7, 11) is 1.56. The van der Waals surface area contributed by atoms with Crippen molar-refractivity contribution in [3.05, 3.63) is 40.4 Å². The predicted molar refractivity (Wildman–Crippen MR) is 122 cm³/mol. The van der Waals surface area contributed by atoms with E-state index in [0.29, 0.717) is 37.9 Å². The average Bonchev–Trinajstić information content (AvgIpc) is 3.30. The molecule has 1 aliphatic carbocycles. The summed E-state index contributed by atoms with van der Waals surface area (Å²) < 4.78 is 18.3. The molecule has 0 saturated heterocycles. The number of benzene rings is 1. The van der Waals surface area contributed by atoms with Crippen LogP contribution in [0.25, 0.3) is 0 Å². The van der Waals surface area contributed by atoms with Crippen LogP contribution in [0.5, 0.6) is 0 Å². The molecule has 1 aromatic carbocycles. The highest BCUT2D eigenvalue weighted by molar-refractivity contribution is 6.33. The van der Waals surface area contributed by atoms with Crippen LogP contribution in [-0.2, 0) is 19.1 Å². The van der Waals surface area contributed by atoms with Crippen molar-refractivity contribution >= 4 is 35.0 Å². The van der Waals surface area contributed by atoms with Gasteiger partial charge in [0.05, 0.1) is 23.5 Å². The van der Waals surface area contributed by atoms with Crippen molar-refractivity contribution in [2.24, 2.45) is 5.92 Å². The van der Waals surface area contributed by atoms with Crippen LogP contribution in [0, 0.1) is 11.7 Å². The minimum Gasteiger partial charge on any atom is -0.380 e. The van der Waals surface area contributed by atoms with E-state index in [4.69, 9.17) is 16.3 Å². The van der Waals surface area contributed by atoms with Gasteiger partial charge in [-0.25, -0.2) is 4.39 Å². The first-order valence-corrected chi connectivity index (χ1v) is 11.3. The molecule has 1 heterocycles. The largest absolute Gasteiger partial charge is 0.380 e. The molecule has 3 amide bonds. The van der Waals surface area contributed by atoms with Crippen molar-refractivity contribution in [3.63, 3.8) is 0 Å². The van der Waals surface area contributed by atoms with Gasteiger partial charge in [-0.15, -0.1) is 0 Å². The molecule has 180 valence electrons. The van der Waals surface area contributed by atoms with E-state index in [0.717, 1.165) is 6.07 Å². The molecule has 5 N–H and O–H groups in total. The van der Waals surface area contributed by atoms with Crippen LogP contribution in [-0.4, -0.2) is 50.2 Å². The minimum absolute atomic E-state index is 0.108. The first kappa shape index (κ1) is 24.8. The monoisotopic (exact) mass is 481 g/mol. The van der Waals surface area contributed by atoms with Gasteiger partial charge in [0.2, 0.25) is 5.91 Å². The Morgan fingerprint density at radius 3 is 2.45 bits per heavy atom. The van der Waals surface area contributed by atoms with Crippen molar-refractivity contribution in [2.75, 3.05) is 25.6 Å². The van der Waals surface area contributed by atoms with Crippen LogP contribution in [0.4, 0.5) is 10.1 Å². The lowest BCUT2D eigenvalue weighted by Crippen LogP contribution is -2.42. The van der Waals surface area contributed by atoms with Gasteiger partial charge < -0.3 is 31.3 Å². The summed E-state index contributed by atoms with van der Waals surface area (Å²) in [5, 5.41) is 14.4. The van der Waals surface area contributed by atoms with Gasteiger partial charge in [0.15, 0.2) is 0 Å². The second kappa shape index (κ2) is 11.3. The maximum atomic E-state index is 13.2. The third-order valence-corrected chi connectivity index (χ3v) is 6.12. The summed E-state index contributed by atoms with van der Waals surface area (Å²) in [6, 6.07) is 3.71. The van der Waals surface area contributed by atoms with Crippen molar-refractivity contribution in [1.82, 2.24) is 21.3 Å². The molecule has 1 aromatic rings. The third kappa shape index (κ3) is 6.58. The molecule has 0 bridgehead atoms. The number of halogens is 2. The number of anilines is 1. The van der Waals surface area contributed by atoms with Crippen LogP contribution in [0.3, 0.4) is 0 Å². The van der Waals surface area contributed by atoms with Gasteiger partial charge >= 0.3 is 0 Å². The Balaban J connectivity index is 1.50. The number of hydrogen-bond donors (Lipinski definition) is 5. The van der Waals surface area contributed by atoms with Gasteiger partial charge in [-0.1, -0.05) is 11.6 Å². The SMILES string of the molecule is COC(C)CNC(=O)C1=C(C(=O)NC2CCC(C(=O)Nc3ccc(F)cc3Cl)CC2)NCN1. The lowest BCUT2D eigenvalue weighted by molar-refractivity contribution is -0.122. The molecule has 0 radical (unpaired) electrons. The second-order valence-electron chi connectivity index (χ2n) is 8.17. The van der Waals surface area contributed by atoms with E-state index in [-0.39, 0.29) is 58.9 Å². The zero-order valence-electron chi connectivity index (χ0n) is 18.6. The highest BCUT2D eigenvalue weighted by Crippen LogP contribution is 2.28. The molecule has 0 aromatic heterocycles. The number of hydrogen-bond acceptors (Lipinski definition) is 6. The van der Waals surface area contributed by atoms with Crippen molar-refractivity contribution in [1.29, 1.82) is 0 Å². The van der Waals surface area contributed by atoms with E-state index in [1.165, 1.54) is 12.1 Å². The van der Waals surface area contributed by atoms with Crippen LogP contribution in [0.2, 0.25) is 5.02 Å². The van der Waals surface area contributed by atoms with E-state index in [1.54, 1.807) is 7.11 Å². The van der Waals surface area contributed by atoms with E-state index >= 15 is 0 Å². The molecule has 2 aliphatic rings. The normalized spacial score (nSPS) is 21.0. The number of carbonyl (C=O) groups excluding carboxylic acids is 3. The molecule has 3 rings (SSSR count). The van der Waals surface area contributed by atoms with Crippen molar-refractivity contribution in [2.45, 2.75) is 44.8 Å². The summed E-state index contributed by atoms with van der Waals surface area (Å²) in [6.07, 6.45) is 2.27. The Kier molecular flexibility index (Phi) is 8.51. The van der Waals surface area contributed by atoms with Crippen LogP contribution in [0.1, 0.15) is 32.6 Å². The molecule has 1 atom stereocenters. The molecule has 11 heteroatoms. The molecule has 1 unspecified atom stereocenters. The number of amides is 3. The van der Waals surface area contributed by atoms with E-state index in [2.05, 4.69) is 26.6 Å². The van der Waals surface area contributed by atoms with E-state index in [9.17, 15) is 18.8 Å².